The van der Waals surface area contributed by atoms with E-state index in [-0.39, 0.29) is 5.91 Å². The maximum atomic E-state index is 12.1. The third-order valence-corrected chi connectivity index (χ3v) is 5.27. The molecule has 0 spiro atoms. The summed E-state index contributed by atoms with van der Waals surface area (Å²) in [4.78, 5) is 13.4. The molecule has 0 atom stereocenters. The molecule has 2 aromatic carbocycles. The molecule has 0 saturated carbocycles. The number of hydrogen-bond donors (Lipinski definition) is 1. The number of benzene rings is 2. The lowest BCUT2D eigenvalue weighted by Gasteiger charge is -2.18. The van der Waals surface area contributed by atoms with Crippen LogP contribution in [0.1, 0.15) is 34.8 Å². The van der Waals surface area contributed by atoms with E-state index in [1.807, 2.05) is 18.2 Å². The maximum Gasteiger partial charge on any atom is 0.220 e. The molecule has 0 aliphatic rings. The number of hydrogen-bond acceptors (Lipinski definition) is 2. The third-order valence-electron chi connectivity index (χ3n) is 4.34. The molecule has 1 N–H and O–H groups in total. The Hall–Kier alpha value is -2.39. The Morgan fingerprint density at radius 3 is 2.08 bits per heavy atom. The summed E-state index contributed by atoms with van der Waals surface area (Å²) in [6, 6.07) is 25.1. The summed E-state index contributed by atoms with van der Waals surface area (Å²) in [6.45, 7) is 0.692. The first-order valence-corrected chi connectivity index (χ1v) is 9.60. The van der Waals surface area contributed by atoms with Crippen molar-refractivity contribution in [1.29, 1.82) is 0 Å². The predicted octanol–water partition coefficient (Wildman–Crippen LogP) is 5.02. The van der Waals surface area contributed by atoms with E-state index < -0.39 is 0 Å². The van der Waals surface area contributed by atoms with Crippen molar-refractivity contribution in [2.24, 2.45) is 0 Å². The Morgan fingerprint density at radius 2 is 1.52 bits per heavy atom. The molecule has 0 saturated heterocycles. The van der Waals surface area contributed by atoms with Gasteiger partial charge in [-0.3, -0.25) is 4.79 Å². The smallest absolute Gasteiger partial charge is 0.220 e. The molecule has 3 heteroatoms. The average Bonchev–Trinajstić information content (AvgIpc) is 3.19. The van der Waals surface area contributed by atoms with E-state index in [2.05, 4.69) is 65.3 Å². The van der Waals surface area contributed by atoms with Gasteiger partial charge in [0.05, 0.1) is 0 Å². The fourth-order valence-corrected chi connectivity index (χ4v) is 3.74. The molecule has 0 radical (unpaired) electrons. The third kappa shape index (κ3) is 5.30. The number of rotatable bonds is 8. The van der Waals surface area contributed by atoms with Crippen molar-refractivity contribution in [2.75, 3.05) is 6.54 Å². The van der Waals surface area contributed by atoms with Gasteiger partial charge in [0.25, 0.3) is 0 Å². The number of nitrogens with one attached hydrogen (secondary N) is 1. The number of carbonyl (C=O) groups is 1. The van der Waals surface area contributed by atoms with Crippen molar-refractivity contribution in [3.63, 3.8) is 0 Å². The molecular weight excluding hydrogens is 326 g/mol. The minimum absolute atomic E-state index is 0.133. The lowest BCUT2D eigenvalue weighted by atomic mass is 9.88. The van der Waals surface area contributed by atoms with Crippen LogP contribution < -0.4 is 5.32 Å². The van der Waals surface area contributed by atoms with Gasteiger partial charge in [0.2, 0.25) is 5.91 Å². The van der Waals surface area contributed by atoms with E-state index in [1.54, 1.807) is 11.3 Å². The summed E-state index contributed by atoms with van der Waals surface area (Å²) in [6.07, 6.45) is 2.28. The molecule has 3 rings (SSSR count). The fraction of sp³-hybridized carbons (Fsp3) is 0.227. The molecule has 3 aromatic rings. The quantitative estimate of drug-likeness (QED) is 0.608. The van der Waals surface area contributed by atoms with Crippen LogP contribution in [0.3, 0.4) is 0 Å². The van der Waals surface area contributed by atoms with Gasteiger partial charge in [0.1, 0.15) is 0 Å². The first-order valence-electron chi connectivity index (χ1n) is 8.72. The molecular formula is C22H23NOS. The maximum absolute atomic E-state index is 12.1. The Balaban J connectivity index is 1.55. The Labute approximate surface area is 153 Å². The summed E-state index contributed by atoms with van der Waals surface area (Å²) in [5.74, 6) is 0.438. The highest BCUT2D eigenvalue weighted by Crippen LogP contribution is 2.27. The standard InChI is InChI=1S/C22H23NOS/c24-22(14-13-20-12-7-17-25-20)23-16-15-21(18-8-3-1-4-9-18)19-10-5-2-6-11-19/h1-12,17,21H,13-16H2,(H,23,24). The lowest BCUT2D eigenvalue weighted by molar-refractivity contribution is -0.121. The van der Waals surface area contributed by atoms with E-state index in [0.717, 1.165) is 12.8 Å². The van der Waals surface area contributed by atoms with Crippen LogP contribution >= 0.6 is 11.3 Å². The van der Waals surface area contributed by atoms with Crippen LogP contribution in [0.4, 0.5) is 0 Å². The lowest BCUT2D eigenvalue weighted by Crippen LogP contribution is -2.26. The molecule has 0 bridgehead atoms. The molecule has 0 aliphatic heterocycles. The molecule has 0 aliphatic carbocycles. The van der Waals surface area contributed by atoms with E-state index in [4.69, 9.17) is 0 Å². The fourth-order valence-electron chi connectivity index (χ4n) is 3.03. The molecule has 0 fully saturated rings. The Kier molecular flexibility index (Phi) is 6.41. The zero-order valence-electron chi connectivity index (χ0n) is 14.2. The highest BCUT2D eigenvalue weighted by atomic mass is 32.1. The Bertz CT molecular complexity index is 714. The second kappa shape index (κ2) is 9.19. The second-order valence-electron chi connectivity index (χ2n) is 6.09. The van der Waals surface area contributed by atoms with E-state index >= 15 is 0 Å². The van der Waals surface area contributed by atoms with E-state index in [9.17, 15) is 4.79 Å². The number of thiophene rings is 1. The minimum Gasteiger partial charge on any atom is -0.356 e. The van der Waals surface area contributed by atoms with E-state index in [1.165, 1.54) is 16.0 Å². The van der Waals surface area contributed by atoms with Gasteiger partial charge in [-0.2, -0.15) is 0 Å². The van der Waals surface area contributed by atoms with Gasteiger partial charge in [-0.15, -0.1) is 11.3 Å². The summed E-state index contributed by atoms with van der Waals surface area (Å²) >= 11 is 1.71. The summed E-state index contributed by atoms with van der Waals surface area (Å²) in [7, 11) is 0. The number of amides is 1. The van der Waals surface area contributed by atoms with Crippen LogP contribution in [-0.4, -0.2) is 12.5 Å². The van der Waals surface area contributed by atoms with Crippen LogP contribution in [0.25, 0.3) is 0 Å². The molecule has 128 valence electrons. The SMILES string of the molecule is O=C(CCc1cccs1)NCCC(c1ccccc1)c1ccccc1. The van der Waals surface area contributed by atoms with Crippen molar-refractivity contribution in [2.45, 2.75) is 25.2 Å². The van der Waals surface area contributed by atoms with Gasteiger partial charge in [-0.25, -0.2) is 0 Å². The van der Waals surface area contributed by atoms with Gasteiger partial charge in [0.15, 0.2) is 0 Å². The van der Waals surface area contributed by atoms with Crippen LogP contribution in [-0.2, 0) is 11.2 Å². The van der Waals surface area contributed by atoms with Gasteiger partial charge in [-0.05, 0) is 35.4 Å². The predicted molar refractivity (Wildman–Crippen MR) is 105 cm³/mol. The first kappa shape index (κ1) is 17.4. The molecule has 1 aromatic heterocycles. The number of aryl methyl sites for hydroxylation is 1. The van der Waals surface area contributed by atoms with Crippen molar-refractivity contribution in [3.05, 3.63) is 94.2 Å². The van der Waals surface area contributed by atoms with Gasteiger partial charge >= 0.3 is 0 Å². The highest BCUT2D eigenvalue weighted by molar-refractivity contribution is 7.09. The van der Waals surface area contributed by atoms with Crippen LogP contribution in [0.15, 0.2) is 78.2 Å². The van der Waals surface area contributed by atoms with Crippen molar-refractivity contribution >= 4 is 17.2 Å². The monoisotopic (exact) mass is 349 g/mol. The van der Waals surface area contributed by atoms with Crippen LogP contribution in [0.5, 0.6) is 0 Å². The largest absolute Gasteiger partial charge is 0.356 e. The van der Waals surface area contributed by atoms with Crippen molar-refractivity contribution < 1.29 is 4.79 Å². The highest BCUT2D eigenvalue weighted by Gasteiger charge is 2.14. The van der Waals surface area contributed by atoms with Crippen molar-refractivity contribution in [3.8, 4) is 0 Å². The first-order chi connectivity index (χ1) is 12.3. The van der Waals surface area contributed by atoms with Gasteiger partial charge in [0, 0.05) is 23.8 Å². The van der Waals surface area contributed by atoms with Crippen LogP contribution in [0.2, 0.25) is 0 Å². The summed E-state index contributed by atoms with van der Waals surface area (Å²) in [5, 5.41) is 5.13. The zero-order chi connectivity index (χ0) is 17.3. The molecule has 1 heterocycles. The normalized spacial score (nSPS) is 10.8. The number of carbonyl (C=O) groups excluding carboxylic acids is 1. The summed E-state index contributed by atoms with van der Waals surface area (Å²) in [5.41, 5.74) is 2.59. The topological polar surface area (TPSA) is 29.1 Å². The Morgan fingerprint density at radius 1 is 0.880 bits per heavy atom. The second-order valence-corrected chi connectivity index (χ2v) is 7.12. The molecule has 2 nitrogen and oxygen atoms in total. The molecule has 1 amide bonds. The minimum atomic E-state index is 0.133. The molecule has 25 heavy (non-hydrogen) atoms. The van der Waals surface area contributed by atoms with E-state index in [0.29, 0.717) is 18.9 Å². The van der Waals surface area contributed by atoms with Gasteiger partial charge < -0.3 is 5.32 Å². The average molecular weight is 349 g/mol. The zero-order valence-corrected chi connectivity index (χ0v) is 15.0. The van der Waals surface area contributed by atoms with Gasteiger partial charge in [-0.1, -0.05) is 66.7 Å². The summed E-state index contributed by atoms with van der Waals surface area (Å²) < 4.78 is 0. The van der Waals surface area contributed by atoms with Crippen LogP contribution in [0, 0.1) is 0 Å². The van der Waals surface area contributed by atoms with Crippen molar-refractivity contribution in [1.82, 2.24) is 5.32 Å². The molecule has 0 unspecified atom stereocenters.